The van der Waals surface area contributed by atoms with Gasteiger partial charge in [0.15, 0.2) is 15.0 Å². The van der Waals surface area contributed by atoms with Crippen molar-refractivity contribution in [1.29, 1.82) is 0 Å². The second-order valence-corrected chi connectivity index (χ2v) is 13.1. The van der Waals surface area contributed by atoms with Gasteiger partial charge in [-0.1, -0.05) is 27.7 Å². The maximum absolute atomic E-state index is 12.5. The minimum absolute atomic E-state index is 0.0219. The number of imidazole rings is 2. The second-order valence-electron chi connectivity index (χ2n) is 11.4. The molecule has 2 aromatic rings. The largest absolute Gasteiger partial charge is 0.493 e. The molecule has 0 atom stereocenters. The molecule has 0 unspecified atom stereocenters. The van der Waals surface area contributed by atoms with E-state index >= 15 is 0 Å². The van der Waals surface area contributed by atoms with Crippen LogP contribution in [0.25, 0.3) is 0 Å². The van der Waals surface area contributed by atoms with E-state index in [-0.39, 0.29) is 27.5 Å². The summed E-state index contributed by atoms with van der Waals surface area (Å²) in [6.45, 7) is 16.0. The van der Waals surface area contributed by atoms with Gasteiger partial charge in [-0.05, 0) is 74.2 Å². The molecule has 2 aromatic heterocycles. The highest BCUT2D eigenvalue weighted by Crippen LogP contribution is 2.27. The van der Waals surface area contributed by atoms with Crippen LogP contribution in [0.2, 0.25) is 0 Å². The minimum Gasteiger partial charge on any atom is -0.493 e. The lowest BCUT2D eigenvalue weighted by Crippen LogP contribution is -2.53. The zero-order valence-corrected chi connectivity index (χ0v) is 27.4. The molecule has 10 nitrogen and oxygen atoms in total. The van der Waals surface area contributed by atoms with Gasteiger partial charge in [0.25, 0.3) is 0 Å². The SMILES string of the molecule is CCn1cc(O)n(CC(C)(C)CCN(C)C(=S)NN(CCC(C)(C)Cn2c(S)cn(CC)c2=S)C(N)=S)c1=O. The monoisotopic (exact) mass is 616 g/mol. The fourth-order valence-electron chi connectivity index (χ4n) is 4.21. The summed E-state index contributed by atoms with van der Waals surface area (Å²) in [7, 11) is 1.90. The summed E-state index contributed by atoms with van der Waals surface area (Å²) in [6.07, 6.45) is 4.95. The molecule has 0 aliphatic carbocycles. The van der Waals surface area contributed by atoms with Crippen molar-refractivity contribution in [3.05, 3.63) is 27.6 Å². The van der Waals surface area contributed by atoms with Gasteiger partial charge >= 0.3 is 5.69 Å². The van der Waals surface area contributed by atoms with Crippen LogP contribution in [0.3, 0.4) is 0 Å². The Morgan fingerprint density at radius 1 is 1.03 bits per heavy atom. The first-order chi connectivity index (χ1) is 18.0. The Morgan fingerprint density at radius 2 is 1.56 bits per heavy atom. The Bertz CT molecular complexity index is 1270. The Morgan fingerprint density at radius 3 is 2.05 bits per heavy atom. The van der Waals surface area contributed by atoms with Gasteiger partial charge in [0.05, 0.1) is 11.2 Å². The first-order valence-electron chi connectivity index (χ1n) is 13.1. The van der Waals surface area contributed by atoms with Gasteiger partial charge in [0, 0.05) is 52.5 Å². The molecular formula is C25H44N8O2S4. The number of hydrogen-bond donors (Lipinski definition) is 4. The molecule has 14 heteroatoms. The van der Waals surface area contributed by atoms with E-state index in [1.54, 1.807) is 5.01 Å². The number of thiol groups is 1. The van der Waals surface area contributed by atoms with Crippen LogP contribution in [0.5, 0.6) is 5.88 Å². The Hall–Kier alpha value is -2.03. The van der Waals surface area contributed by atoms with Gasteiger partial charge < -0.3 is 24.9 Å². The number of thiocarbonyl (C=S) groups is 2. The van der Waals surface area contributed by atoms with Crippen molar-refractivity contribution in [2.75, 3.05) is 20.1 Å². The molecule has 0 saturated carbocycles. The van der Waals surface area contributed by atoms with Crippen LogP contribution in [0.1, 0.15) is 54.4 Å². The Balaban J connectivity index is 1.95. The molecular weight excluding hydrogens is 573 g/mol. The highest BCUT2D eigenvalue weighted by atomic mass is 32.1. The van der Waals surface area contributed by atoms with Gasteiger partial charge in [-0.2, -0.15) is 0 Å². The predicted octanol–water partition coefficient (Wildman–Crippen LogP) is 3.82. The molecule has 2 heterocycles. The standard InChI is InChI=1S/C25H44N8O2S4/c1-8-29-14-18(34)31(22(29)35)16-24(3,4)10-12-28(7)21(38)27-33(20(26)37)13-11-25(5,6)17-32-19(36)15-30(9-2)23(32)39/h14-15,34,36H,8-13,16-17H2,1-7H3,(H2,26,37)(H,27,38). The average molecular weight is 617 g/mol. The number of nitrogens with two attached hydrogens (primary N) is 1. The topological polar surface area (TPSA) is 102 Å². The summed E-state index contributed by atoms with van der Waals surface area (Å²) < 4.78 is 7.72. The smallest absolute Gasteiger partial charge is 0.331 e. The molecule has 0 amide bonds. The summed E-state index contributed by atoms with van der Waals surface area (Å²) in [5, 5.41) is 13.5. The third-order valence-corrected chi connectivity index (χ3v) is 8.32. The fourth-order valence-corrected chi connectivity index (χ4v) is 5.26. The van der Waals surface area contributed by atoms with Crippen LogP contribution >= 0.6 is 49.3 Å². The number of aromatic nitrogens is 4. The fraction of sp³-hybridized carbons (Fsp3) is 0.680. The molecule has 0 aromatic carbocycles. The van der Waals surface area contributed by atoms with Crippen LogP contribution in [0.15, 0.2) is 22.2 Å². The zero-order valence-electron chi connectivity index (χ0n) is 24.1. The van der Waals surface area contributed by atoms with E-state index in [9.17, 15) is 9.90 Å². The molecule has 2 rings (SSSR count). The van der Waals surface area contributed by atoms with Crippen molar-refractivity contribution >= 4 is 59.5 Å². The van der Waals surface area contributed by atoms with E-state index < -0.39 is 0 Å². The molecule has 0 spiro atoms. The average Bonchev–Trinajstić information content (AvgIpc) is 3.28. The van der Waals surface area contributed by atoms with Crippen LogP contribution in [0.4, 0.5) is 0 Å². The quantitative estimate of drug-likeness (QED) is 0.161. The number of aromatic hydroxyl groups is 1. The van der Waals surface area contributed by atoms with Gasteiger partial charge in [0.2, 0.25) is 5.88 Å². The number of nitrogens with zero attached hydrogens (tertiary/aromatic N) is 6. The van der Waals surface area contributed by atoms with Crippen molar-refractivity contribution in [2.24, 2.45) is 16.6 Å². The van der Waals surface area contributed by atoms with E-state index in [0.29, 0.717) is 37.8 Å². The Labute approximate surface area is 253 Å². The summed E-state index contributed by atoms with van der Waals surface area (Å²) in [5.74, 6) is -0.0219. The molecule has 220 valence electrons. The summed E-state index contributed by atoms with van der Waals surface area (Å²) in [6, 6.07) is 0. The maximum atomic E-state index is 12.5. The van der Waals surface area contributed by atoms with E-state index in [4.69, 9.17) is 42.4 Å². The number of nitrogens with one attached hydrogen (secondary N) is 1. The molecule has 0 saturated heterocycles. The molecule has 39 heavy (non-hydrogen) atoms. The van der Waals surface area contributed by atoms with Crippen LogP contribution in [0, 0.1) is 15.6 Å². The van der Waals surface area contributed by atoms with Crippen molar-refractivity contribution in [3.8, 4) is 5.88 Å². The number of hydrazine groups is 1. The minimum atomic E-state index is -0.262. The molecule has 0 aliphatic heterocycles. The number of aryl methyl sites for hydroxylation is 2. The van der Waals surface area contributed by atoms with Gasteiger partial charge in [-0.25, -0.2) is 4.79 Å². The van der Waals surface area contributed by atoms with E-state index in [1.807, 2.05) is 34.2 Å². The molecule has 4 N–H and O–H groups in total. The lowest BCUT2D eigenvalue weighted by atomic mass is 9.89. The summed E-state index contributed by atoms with van der Waals surface area (Å²) in [4.78, 5) is 14.4. The second kappa shape index (κ2) is 13.6. The molecule has 0 radical (unpaired) electrons. The molecule has 0 fully saturated rings. The highest BCUT2D eigenvalue weighted by molar-refractivity contribution is 7.80. The summed E-state index contributed by atoms with van der Waals surface area (Å²) in [5.41, 5.74) is 8.63. The predicted molar refractivity (Wildman–Crippen MR) is 171 cm³/mol. The van der Waals surface area contributed by atoms with Crippen LogP contribution in [-0.2, 0) is 26.2 Å². The summed E-state index contributed by atoms with van der Waals surface area (Å²) >= 11 is 21.2. The van der Waals surface area contributed by atoms with Crippen molar-refractivity contribution in [2.45, 2.75) is 85.6 Å². The molecule has 0 bridgehead atoms. The lowest BCUT2D eigenvalue weighted by molar-refractivity contribution is 0.221. The Kier molecular flexibility index (Phi) is 11.5. The first-order valence-corrected chi connectivity index (χ1v) is 14.8. The van der Waals surface area contributed by atoms with Crippen LogP contribution in [-0.4, -0.2) is 63.6 Å². The van der Waals surface area contributed by atoms with Crippen molar-refractivity contribution < 1.29 is 5.11 Å². The number of rotatable bonds is 12. The van der Waals surface area contributed by atoms with Gasteiger partial charge in [-0.15, -0.1) is 12.6 Å². The van der Waals surface area contributed by atoms with Crippen LogP contribution < -0.4 is 16.8 Å². The van der Waals surface area contributed by atoms with E-state index in [0.717, 1.165) is 29.2 Å². The maximum Gasteiger partial charge on any atom is 0.331 e. The zero-order chi connectivity index (χ0) is 29.7. The number of hydrogen-bond acceptors (Lipinski definition) is 6. The van der Waals surface area contributed by atoms with Crippen molar-refractivity contribution in [3.63, 3.8) is 0 Å². The third kappa shape index (κ3) is 8.98. The first kappa shape index (κ1) is 33.2. The van der Waals surface area contributed by atoms with Gasteiger partial charge in [-0.3, -0.25) is 19.6 Å². The van der Waals surface area contributed by atoms with E-state index in [1.165, 1.54) is 15.3 Å². The lowest BCUT2D eigenvalue weighted by Gasteiger charge is -2.33. The van der Waals surface area contributed by atoms with Gasteiger partial charge in [0.1, 0.15) is 0 Å². The van der Waals surface area contributed by atoms with Crippen molar-refractivity contribution in [1.82, 2.24) is 33.6 Å². The highest BCUT2D eigenvalue weighted by Gasteiger charge is 2.25. The third-order valence-electron chi connectivity index (χ3n) is 6.88. The van der Waals surface area contributed by atoms with E-state index in [2.05, 4.69) is 52.7 Å². The normalized spacial score (nSPS) is 12.0. The molecule has 0 aliphatic rings.